The van der Waals surface area contributed by atoms with Gasteiger partial charge in [0.25, 0.3) is 0 Å². The Bertz CT molecular complexity index is 622. The fourth-order valence-electron chi connectivity index (χ4n) is 3.28. The van der Waals surface area contributed by atoms with Gasteiger partial charge in [-0.25, -0.2) is 0 Å². The summed E-state index contributed by atoms with van der Waals surface area (Å²) in [5, 5.41) is 12.2. The van der Waals surface area contributed by atoms with Gasteiger partial charge in [0.05, 0.1) is 18.1 Å². The van der Waals surface area contributed by atoms with Crippen LogP contribution in [0.3, 0.4) is 0 Å². The molecule has 1 amide bonds. The zero-order chi connectivity index (χ0) is 16.4. The molecule has 0 radical (unpaired) electrons. The molecular weight excluding hydrogens is 294 g/mol. The predicted molar refractivity (Wildman–Crippen MR) is 86.1 cm³/mol. The van der Waals surface area contributed by atoms with Crippen LogP contribution in [0.5, 0.6) is 0 Å². The van der Waals surface area contributed by atoms with Crippen molar-refractivity contribution in [2.45, 2.75) is 38.4 Å². The van der Waals surface area contributed by atoms with Crippen LogP contribution in [0.1, 0.15) is 25.3 Å². The van der Waals surface area contributed by atoms with Gasteiger partial charge in [0.15, 0.2) is 0 Å². The second-order valence-electron chi connectivity index (χ2n) is 6.13. The molecule has 3 rings (SSSR count). The van der Waals surface area contributed by atoms with E-state index in [1.54, 1.807) is 12.2 Å². The maximum absolute atomic E-state index is 12.5. The molecule has 1 saturated heterocycles. The van der Waals surface area contributed by atoms with E-state index in [-0.39, 0.29) is 5.91 Å². The number of nitrogens with one attached hydrogen (secondary N) is 1. The average molecular weight is 315 g/mol. The van der Waals surface area contributed by atoms with Crippen LogP contribution in [0.2, 0.25) is 0 Å². The maximum atomic E-state index is 12.5. The van der Waals surface area contributed by atoms with Crippen molar-refractivity contribution in [3.05, 3.63) is 42.0 Å². The van der Waals surface area contributed by atoms with Crippen molar-refractivity contribution in [3.8, 4) is 0 Å². The Hall–Kier alpha value is -2.14. The molecule has 122 valence electrons. The number of amides is 1. The van der Waals surface area contributed by atoms with E-state index in [9.17, 15) is 14.7 Å². The highest BCUT2D eigenvalue weighted by Crippen LogP contribution is 2.39. The van der Waals surface area contributed by atoms with Crippen LogP contribution in [-0.4, -0.2) is 29.2 Å². The fraction of sp³-hybridized carbons (Fsp3) is 0.444. The molecule has 0 spiro atoms. The van der Waals surface area contributed by atoms with Gasteiger partial charge in [0.2, 0.25) is 5.91 Å². The van der Waals surface area contributed by atoms with Crippen molar-refractivity contribution in [2.75, 3.05) is 5.32 Å². The zero-order valence-corrected chi connectivity index (χ0v) is 13.1. The molecule has 2 bridgehead atoms. The smallest absolute Gasteiger partial charge is 0.310 e. The molecule has 2 N–H and O–H groups in total. The van der Waals surface area contributed by atoms with Gasteiger partial charge in [-0.05, 0) is 30.5 Å². The number of aliphatic carboxylic acids is 1. The lowest BCUT2D eigenvalue weighted by atomic mass is 9.82. The van der Waals surface area contributed by atoms with Crippen LogP contribution in [0.25, 0.3) is 0 Å². The fourth-order valence-corrected chi connectivity index (χ4v) is 3.28. The lowest BCUT2D eigenvalue weighted by Crippen LogP contribution is -2.39. The van der Waals surface area contributed by atoms with Crippen LogP contribution in [0, 0.1) is 11.8 Å². The van der Waals surface area contributed by atoms with Gasteiger partial charge in [0.1, 0.15) is 5.92 Å². The number of hydrogen-bond acceptors (Lipinski definition) is 3. The SMILES string of the molecule is CCCCc1ccc(NC(=O)[C@@H]2[C@@H](C(=O)O)[C@H]3C=C[C@H]2O3)cc1. The normalized spacial score (nSPS) is 28.0. The number of anilines is 1. The van der Waals surface area contributed by atoms with Crippen LogP contribution >= 0.6 is 0 Å². The molecular formula is C18H21NO4. The first-order chi connectivity index (χ1) is 11.1. The minimum atomic E-state index is -0.989. The molecule has 5 nitrogen and oxygen atoms in total. The van der Waals surface area contributed by atoms with Crippen LogP contribution < -0.4 is 5.32 Å². The minimum Gasteiger partial charge on any atom is -0.481 e. The van der Waals surface area contributed by atoms with Gasteiger partial charge in [-0.15, -0.1) is 0 Å². The average Bonchev–Trinajstić information content (AvgIpc) is 3.15. The summed E-state index contributed by atoms with van der Waals surface area (Å²) in [7, 11) is 0. The topological polar surface area (TPSA) is 75.6 Å². The number of rotatable bonds is 6. The number of ether oxygens (including phenoxy) is 1. The molecule has 4 atom stereocenters. The second-order valence-corrected chi connectivity index (χ2v) is 6.13. The third kappa shape index (κ3) is 3.15. The summed E-state index contributed by atoms with van der Waals surface area (Å²) in [5.74, 6) is -2.77. The van der Waals surface area contributed by atoms with E-state index in [1.807, 2.05) is 24.3 Å². The van der Waals surface area contributed by atoms with E-state index in [0.29, 0.717) is 5.69 Å². The van der Waals surface area contributed by atoms with Crippen LogP contribution in [-0.2, 0) is 20.7 Å². The summed E-state index contributed by atoms with van der Waals surface area (Å²) in [6.07, 6.45) is 5.89. The molecule has 0 unspecified atom stereocenters. The van der Waals surface area contributed by atoms with E-state index in [1.165, 1.54) is 5.56 Å². The highest BCUT2D eigenvalue weighted by atomic mass is 16.5. The third-order valence-corrected chi connectivity index (χ3v) is 4.53. The molecule has 1 aromatic rings. The Balaban J connectivity index is 1.67. The van der Waals surface area contributed by atoms with Crippen LogP contribution in [0.4, 0.5) is 5.69 Å². The van der Waals surface area contributed by atoms with Gasteiger partial charge in [0, 0.05) is 5.69 Å². The Kier molecular flexibility index (Phi) is 4.48. The maximum Gasteiger partial charge on any atom is 0.310 e. The predicted octanol–water partition coefficient (Wildman–Crippen LogP) is 2.62. The van der Waals surface area contributed by atoms with Crippen molar-refractivity contribution in [1.82, 2.24) is 0 Å². The molecule has 0 aliphatic carbocycles. The molecule has 5 heteroatoms. The van der Waals surface area contributed by atoms with E-state index in [0.717, 1.165) is 19.3 Å². The quantitative estimate of drug-likeness (QED) is 0.791. The largest absolute Gasteiger partial charge is 0.481 e. The molecule has 1 aromatic carbocycles. The van der Waals surface area contributed by atoms with Gasteiger partial charge < -0.3 is 15.2 Å². The van der Waals surface area contributed by atoms with Crippen LogP contribution in [0.15, 0.2) is 36.4 Å². The lowest BCUT2D eigenvalue weighted by molar-refractivity contribution is -0.145. The summed E-state index contributed by atoms with van der Waals surface area (Å²) in [6, 6.07) is 7.72. The highest BCUT2D eigenvalue weighted by Gasteiger charge is 2.53. The van der Waals surface area contributed by atoms with E-state index < -0.39 is 30.0 Å². The number of carbonyl (C=O) groups is 2. The summed E-state index contributed by atoms with van der Waals surface area (Å²) in [4.78, 5) is 23.9. The highest BCUT2D eigenvalue weighted by molar-refractivity contribution is 5.96. The Morgan fingerprint density at radius 2 is 1.78 bits per heavy atom. The number of unbranched alkanes of at least 4 members (excludes halogenated alkanes) is 1. The van der Waals surface area contributed by atoms with E-state index in [2.05, 4.69) is 12.2 Å². The Morgan fingerprint density at radius 1 is 1.13 bits per heavy atom. The monoisotopic (exact) mass is 315 g/mol. The number of carboxylic acids is 1. The van der Waals surface area contributed by atoms with Gasteiger partial charge in [-0.2, -0.15) is 0 Å². The first-order valence-corrected chi connectivity index (χ1v) is 8.06. The Morgan fingerprint density at radius 3 is 2.39 bits per heavy atom. The minimum absolute atomic E-state index is 0.296. The molecule has 1 fully saturated rings. The number of fused-ring (bicyclic) bond motifs is 2. The summed E-state index contributed by atoms with van der Waals surface area (Å²) in [5.41, 5.74) is 1.92. The Labute approximate surface area is 135 Å². The summed E-state index contributed by atoms with van der Waals surface area (Å²) in [6.45, 7) is 2.15. The lowest BCUT2D eigenvalue weighted by Gasteiger charge is -2.21. The molecule has 23 heavy (non-hydrogen) atoms. The summed E-state index contributed by atoms with van der Waals surface area (Å²) < 4.78 is 5.53. The van der Waals surface area contributed by atoms with Gasteiger partial charge in [-0.3, -0.25) is 9.59 Å². The van der Waals surface area contributed by atoms with Crippen molar-refractivity contribution in [1.29, 1.82) is 0 Å². The number of hydrogen-bond donors (Lipinski definition) is 2. The molecule has 0 saturated carbocycles. The number of carbonyl (C=O) groups excluding carboxylic acids is 1. The van der Waals surface area contributed by atoms with Gasteiger partial charge in [-0.1, -0.05) is 37.6 Å². The first kappa shape index (κ1) is 15.7. The van der Waals surface area contributed by atoms with Crippen molar-refractivity contribution < 1.29 is 19.4 Å². The van der Waals surface area contributed by atoms with E-state index >= 15 is 0 Å². The number of aryl methyl sites for hydroxylation is 1. The number of carboxylic acid groups (broad SMARTS) is 1. The van der Waals surface area contributed by atoms with Gasteiger partial charge >= 0.3 is 5.97 Å². The van der Waals surface area contributed by atoms with Crippen molar-refractivity contribution >= 4 is 17.6 Å². The number of benzene rings is 1. The first-order valence-electron chi connectivity index (χ1n) is 8.06. The molecule has 2 aliphatic rings. The standard InChI is InChI=1S/C18H21NO4/c1-2-3-4-11-5-7-12(8-6-11)19-17(20)15-13-9-10-14(23-13)16(15)18(21)22/h5-10,13-16H,2-4H2,1H3,(H,19,20)(H,21,22)/t13-,14-,15+,16+/m1/s1. The third-order valence-electron chi connectivity index (χ3n) is 4.53. The molecule has 2 aliphatic heterocycles. The molecule has 2 heterocycles. The zero-order valence-electron chi connectivity index (χ0n) is 13.1. The summed E-state index contributed by atoms with van der Waals surface area (Å²) >= 11 is 0. The molecule has 0 aromatic heterocycles. The van der Waals surface area contributed by atoms with Crippen molar-refractivity contribution in [2.24, 2.45) is 11.8 Å². The second kappa shape index (κ2) is 6.54. The van der Waals surface area contributed by atoms with Crippen molar-refractivity contribution in [3.63, 3.8) is 0 Å². The van der Waals surface area contributed by atoms with E-state index in [4.69, 9.17) is 4.74 Å².